The second kappa shape index (κ2) is 7.61. The van der Waals surface area contributed by atoms with Crippen LogP contribution in [0.1, 0.15) is 30.6 Å². The van der Waals surface area contributed by atoms with Gasteiger partial charge in [0.15, 0.2) is 0 Å². The summed E-state index contributed by atoms with van der Waals surface area (Å²) in [5.74, 6) is 0. The largest absolute Gasteiger partial charge is 0.472 e. The van der Waals surface area contributed by atoms with Crippen LogP contribution < -0.4 is 5.32 Å². The van der Waals surface area contributed by atoms with Crippen LogP contribution in [0.4, 0.5) is 0 Å². The number of halogens is 1. The molecule has 1 unspecified atom stereocenters. The van der Waals surface area contributed by atoms with E-state index in [1.165, 1.54) is 0 Å². The molecule has 2 rings (SSSR count). The summed E-state index contributed by atoms with van der Waals surface area (Å²) in [4.78, 5) is 0. The summed E-state index contributed by atoms with van der Waals surface area (Å²) in [6.45, 7) is 4.43. The van der Waals surface area contributed by atoms with Crippen LogP contribution in [0.2, 0.25) is 0 Å². The Morgan fingerprint density at radius 1 is 1.55 bits per heavy atom. The second-order valence-corrected chi connectivity index (χ2v) is 5.39. The average molecular weight is 342 g/mol. The van der Waals surface area contributed by atoms with Gasteiger partial charge in [-0.1, -0.05) is 6.92 Å². The van der Waals surface area contributed by atoms with Crippen molar-refractivity contribution in [2.45, 2.75) is 25.9 Å². The second-order valence-electron chi connectivity index (χ2n) is 4.54. The molecule has 0 bridgehead atoms. The molecule has 0 fully saturated rings. The topological polar surface area (TPSA) is 52.2 Å². The van der Waals surface area contributed by atoms with Gasteiger partial charge in [0.2, 0.25) is 0 Å². The number of rotatable bonds is 8. The van der Waals surface area contributed by atoms with Crippen LogP contribution in [0, 0.1) is 0 Å². The lowest BCUT2D eigenvalue weighted by Crippen LogP contribution is -2.26. The van der Waals surface area contributed by atoms with Crippen molar-refractivity contribution in [3.63, 3.8) is 0 Å². The van der Waals surface area contributed by atoms with E-state index in [2.05, 4.69) is 33.3 Å². The van der Waals surface area contributed by atoms with Crippen LogP contribution >= 0.6 is 15.9 Å². The molecule has 0 spiro atoms. The predicted molar refractivity (Wildman–Crippen MR) is 80.6 cm³/mol. The quantitative estimate of drug-likeness (QED) is 0.801. The van der Waals surface area contributed by atoms with E-state index in [4.69, 9.17) is 9.15 Å². The molecule has 0 amide bonds. The summed E-state index contributed by atoms with van der Waals surface area (Å²) in [6, 6.07) is 2.04. The Hall–Kier alpha value is -1.11. The number of furan rings is 1. The van der Waals surface area contributed by atoms with E-state index < -0.39 is 0 Å². The average Bonchev–Trinajstić information content (AvgIpc) is 3.09. The Kier molecular flexibility index (Phi) is 5.82. The molecule has 0 aromatic carbocycles. The number of hydrogen-bond acceptors (Lipinski definition) is 4. The van der Waals surface area contributed by atoms with Crippen LogP contribution in [-0.2, 0) is 11.3 Å². The lowest BCUT2D eigenvalue weighted by molar-refractivity contribution is 0.182. The lowest BCUT2D eigenvalue weighted by Gasteiger charge is -2.19. The summed E-state index contributed by atoms with van der Waals surface area (Å²) in [6.07, 6.45) is 6.36. The van der Waals surface area contributed by atoms with Crippen LogP contribution in [0.3, 0.4) is 0 Å². The van der Waals surface area contributed by atoms with E-state index >= 15 is 0 Å². The third-order valence-electron chi connectivity index (χ3n) is 3.09. The summed E-state index contributed by atoms with van der Waals surface area (Å²) in [5, 5.41) is 7.95. The minimum atomic E-state index is 0.0578. The van der Waals surface area contributed by atoms with Gasteiger partial charge in [-0.25, -0.2) is 0 Å². The van der Waals surface area contributed by atoms with Gasteiger partial charge in [0.1, 0.15) is 0 Å². The van der Waals surface area contributed by atoms with Crippen LogP contribution in [-0.4, -0.2) is 30.0 Å². The fourth-order valence-corrected chi connectivity index (χ4v) is 2.64. The first kappa shape index (κ1) is 15.3. The molecule has 1 atom stereocenters. The molecular formula is C14H20BrN3O2. The molecule has 0 saturated heterocycles. The first-order valence-electron chi connectivity index (χ1n) is 6.73. The van der Waals surface area contributed by atoms with Crippen molar-refractivity contribution in [3.8, 4) is 0 Å². The highest BCUT2D eigenvalue weighted by molar-refractivity contribution is 9.10. The van der Waals surface area contributed by atoms with Gasteiger partial charge in [-0.2, -0.15) is 5.10 Å². The molecule has 5 nitrogen and oxygen atoms in total. The third kappa shape index (κ3) is 3.50. The zero-order chi connectivity index (χ0) is 14.4. The number of ether oxygens (including phenoxy) is 1. The van der Waals surface area contributed by atoms with Crippen molar-refractivity contribution >= 4 is 15.9 Å². The molecule has 0 radical (unpaired) electrons. The van der Waals surface area contributed by atoms with Crippen LogP contribution in [0.25, 0.3) is 0 Å². The van der Waals surface area contributed by atoms with Gasteiger partial charge < -0.3 is 14.5 Å². The molecule has 2 aromatic heterocycles. The summed E-state index contributed by atoms with van der Waals surface area (Å²) >= 11 is 3.59. The van der Waals surface area contributed by atoms with E-state index in [1.807, 2.05) is 16.9 Å². The highest BCUT2D eigenvalue weighted by Gasteiger charge is 2.22. The highest BCUT2D eigenvalue weighted by Crippen LogP contribution is 2.29. The van der Waals surface area contributed by atoms with Gasteiger partial charge in [0, 0.05) is 12.7 Å². The van der Waals surface area contributed by atoms with Gasteiger partial charge >= 0.3 is 0 Å². The van der Waals surface area contributed by atoms with Crippen molar-refractivity contribution in [2.24, 2.45) is 0 Å². The Bertz CT molecular complexity index is 510. The van der Waals surface area contributed by atoms with Crippen molar-refractivity contribution in [1.29, 1.82) is 0 Å². The summed E-state index contributed by atoms with van der Waals surface area (Å²) < 4.78 is 13.3. The zero-order valence-corrected chi connectivity index (χ0v) is 13.4. The number of nitrogens with zero attached hydrogens (tertiary/aromatic N) is 2. The fraction of sp³-hybridized carbons (Fsp3) is 0.500. The third-order valence-corrected chi connectivity index (χ3v) is 3.70. The number of aromatic nitrogens is 2. The van der Waals surface area contributed by atoms with E-state index in [0.717, 1.165) is 35.2 Å². The van der Waals surface area contributed by atoms with E-state index in [-0.39, 0.29) is 6.04 Å². The highest BCUT2D eigenvalue weighted by atomic mass is 79.9. The van der Waals surface area contributed by atoms with Gasteiger partial charge in [-0.3, -0.25) is 4.68 Å². The van der Waals surface area contributed by atoms with Gasteiger partial charge in [0.25, 0.3) is 0 Å². The molecule has 110 valence electrons. The Morgan fingerprint density at radius 2 is 2.40 bits per heavy atom. The fourth-order valence-electron chi connectivity index (χ4n) is 2.12. The molecule has 0 aliphatic carbocycles. The lowest BCUT2D eigenvalue weighted by atomic mass is 10.1. The minimum Gasteiger partial charge on any atom is -0.472 e. The maximum atomic E-state index is 5.22. The van der Waals surface area contributed by atoms with Crippen molar-refractivity contribution in [2.75, 3.05) is 20.3 Å². The van der Waals surface area contributed by atoms with E-state index in [1.54, 1.807) is 19.6 Å². The van der Waals surface area contributed by atoms with Crippen molar-refractivity contribution < 1.29 is 9.15 Å². The number of hydrogen-bond donors (Lipinski definition) is 1. The minimum absolute atomic E-state index is 0.0578. The molecule has 2 aromatic rings. The molecule has 2 heterocycles. The van der Waals surface area contributed by atoms with Crippen LogP contribution in [0.5, 0.6) is 0 Å². The number of methoxy groups -OCH3 is 1. The SMILES string of the molecule is CCCNC(c1ccoc1)c1c(Br)cnn1CCOC. The summed E-state index contributed by atoms with van der Waals surface area (Å²) in [7, 11) is 1.70. The monoisotopic (exact) mass is 341 g/mol. The Morgan fingerprint density at radius 3 is 3.05 bits per heavy atom. The van der Waals surface area contributed by atoms with Gasteiger partial charge in [-0.15, -0.1) is 0 Å². The first-order valence-corrected chi connectivity index (χ1v) is 7.52. The molecular weight excluding hydrogens is 322 g/mol. The van der Waals surface area contributed by atoms with Gasteiger partial charge in [0.05, 0.1) is 48.1 Å². The Balaban J connectivity index is 2.30. The summed E-state index contributed by atoms with van der Waals surface area (Å²) in [5.41, 5.74) is 2.19. The maximum Gasteiger partial charge on any atom is 0.0954 e. The Labute approximate surface area is 127 Å². The zero-order valence-electron chi connectivity index (χ0n) is 11.8. The predicted octanol–water partition coefficient (Wildman–Crippen LogP) is 2.97. The van der Waals surface area contributed by atoms with E-state index in [9.17, 15) is 0 Å². The number of nitrogens with one attached hydrogen (secondary N) is 1. The molecule has 0 aliphatic rings. The van der Waals surface area contributed by atoms with E-state index in [0.29, 0.717) is 6.61 Å². The van der Waals surface area contributed by atoms with Crippen LogP contribution in [0.15, 0.2) is 33.7 Å². The molecule has 0 saturated carbocycles. The van der Waals surface area contributed by atoms with Crippen molar-refractivity contribution in [3.05, 3.63) is 40.5 Å². The maximum absolute atomic E-state index is 5.22. The van der Waals surface area contributed by atoms with Gasteiger partial charge in [-0.05, 0) is 35.0 Å². The normalized spacial score (nSPS) is 12.8. The molecule has 20 heavy (non-hydrogen) atoms. The molecule has 6 heteroatoms. The smallest absolute Gasteiger partial charge is 0.0954 e. The molecule has 1 N–H and O–H groups in total. The molecule has 0 aliphatic heterocycles. The standard InChI is InChI=1S/C14H20BrN3O2/c1-3-5-16-13(11-4-7-20-10-11)14-12(15)9-17-18(14)6-8-19-2/h4,7,9-10,13,16H,3,5-6,8H2,1-2H3. The van der Waals surface area contributed by atoms with Crippen molar-refractivity contribution in [1.82, 2.24) is 15.1 Å². The first-order chi connectivity index (χ1) is 9.77.